The van der Waals surface area contributed by atoms with Gasteiger partial charge in [0.15, 0.2) is 0 Å². The Morgan fingerprint density at radius 1 is 1.19 bits per heavy atom. The molecule has 4 nitrogen and oxygen atoms in total. The summed E-state index contributed by atoms with van der Waals surface area (Å²) in [5, 5.41) is 9.79. The van der Waals surface area contributed by atoms with E-state index in [4.69, 9.17) is 23.2 Å². The Kier molecular flexibility index (Phi) is 5.62. The number of halogens is 4. The molecule has 134 valence electrons. The second-order valence-electron chi connectivity index (χ2n) is 5.33. The lowest BCUT2D eigenvalue weighted by molar-refractivity contribution is -0.123. The number of hydrogen-bond acceptors (Lipinski definition) is 4. The molecule has 1 N–H and O–H groups in total. The molecule has 0 saturated carbocycles. The molecule has 0 bridgehead atoms. The number of phenolic OH excluding ortho intramolecular Hbond substituents is 1. The molecule has 2 aromatic rings. The Balaban J connectivity index is 1.89. The second-order valence-corrected chi connectivity index (χ2v) is 8.05. The molecule has 1 aliphatic heterocycles. The van der Waals surface area contributed by atoms with Gasteiger partial charge in [-0.2, -0.15) is 0 Å². The van der Waals surface area contributed by atoms with Crippen LogP contribution in [0.4, 0.5) is 9.18 Å². The lowest BCUT2D eigenvalue weighted by Gasteiger charge is -2.13. The summed E-state index contributed by atoms with van der Waals surface area (Å²) >= 11 is 15.9. The van der Waals surface area contributed by atoms with E-state index < -0.39 is 17.0 Å². The summed E-state index contributed by atoms with van der Waals surface area (Å²) in [6.45, 7) is -0.0770. The topological polar surface area (TPSA) is 57.6 Å². The lowest BCUT2D eigenvalue weighted by atomic mass is 10.1. The molecule has 0 radical (unpaired) electrons. The van der Waals surface area contributed by atoms with Gasteiger partial charge in [0.2, 0.25) is 0 Å². The predicted octanol–water partition coefficient (Wildman–Crippen LogP) is 5.84. The van der Waals surface area contributed by atoms with Gasteiger partial charge < -0.3 is 5.11 Å². The fraction of sp³-hybridized carbons (Fsp3) is 0.0588. The Morgan fingerprint density at radius 2 is 1.92 bits per heavy atom. The van der Waals surface area contributed by atoms with Crippen molar-refractivity contribution in [3.05, 3.63) is 66.7 Å². The number of amides is 2. The molecule has 0 unspecified atom stereocenters. The van der Waals surface area contributed by atoms with E-state index in [2.05, 4.69) is 15.9 Å². The van der Waals surface area contributed by atoms with Crippen molar-refractivity contribution in [1.29, 1.82) is 0 Å². The molecule has 26 heavy (non-hydrogen) atoms. The Bertz CT molecular complexity index is 967. The number of carbonyl (C=O) groups excluding carboxylic acids is 2. The van der Waals surface area contributed by atoms with Crippen LogP contribution in [0.3, 0.4) is 0 Å². The second kappa shape index (κ2) is 7.60. The third kappa shape index (κ3) is 3.91. The highest BCUT2D eigenvalue weighted by atomic mass is 79.9. The molecule has 3 rings (SSSR count). The molecule has 0 atom stereocenters. The average molecular weight is 477 g/mol. The van der Waals surface area contributed by atoms with Crippen molar-refractivity contribution >= 4 is 68.1 Å². The minimum atomic E-state index is -0.532. The van der Waals surface area contributed by atoms with Gasteiger partial charge in [-0.15, -0.1) is 0 Å². The number of benzene rings is 2. The molecule has 1 heterocycles. The maximum Gasteiger partial charge on any atom is 0.293 e. The standard InChI is InChI=1S/C17H9BrCl2FNO3S/c18-10-3-9(15(23)13(20)5-10)4-14-16(24)22(17(25)26-14)7-8-1-2-11(21)6-12(8)19/h1-6,23H,7H2/b14-4-. The van der Waals surface area contributed by atoms with Crippen molar-refractivity contribution in [1.82, 2.24) is 4.90 Å². The third-order valence-corrected chi connectivity index (χ3v) is 5.57. The quantitative estimate of drug-likeness (QED) is 0.565. The van der Waals surface area contributed by atoms with E-state index in [1.165, 1.54) is 24.3 Å². The molecular formula is C17H9BrCl2FNO3S. The normalized spacial score (nSPS) is 16.0. The highest BCUT2D eigenvalue weighted by molar-refractivity contribution is 9.10. The summed E-state index contributed by atoms with van der Waals surface area (Å²) in [4.78, 5) is 25.9. The molecule has 1 aliphatic rings. The summed E-state index contributed by atoms with van der Waals surface area (Å²) in [6, 6.07) is 6.83. The number of imide groups is 1. The highest BCUT2D eigenvalue weighted by Gasteiger charge is 2.35. The van der Waals surface area contributed by atoms with Gasteiger partial charge in [-0.25, -0.2) is 4.39 Å². The minimum absolute atomic E-state index is 0.0770. The molecule has 2 aromatic carbocycles. The van der Waals surface area contributed by atoms with Crippen LogP contribution in [0.5, 0.6) is 5.75 Å². The van der Waals surface area contributed by atoms with Crippen LogP contribution in [-0.4, -0.2) is 21.2 Å². The van der Waals surface area contributed by atoms with Crippen molar-refractivity contribution in [2.24, 2.45) is 0 Å². The predicted molar refractivity (Wildman–Crippen MR) is 104 cm³/mol. The van der Waals surface area contributed by atoms with Crippen LogP contribution in [0, 0.1) is 5.82 Å². The fourth-order valence-corrected chi connectivity index (χ4v) is 4.18. The fourth-order valence-electron chi connectivity index (χ4n) is 2.29. The van der Waals surface area contributed by atoms with E-state index in [1.807, 2.05) is 0 Å². The SMILES string of the molecule is O=C1S/C(=C\c2cc(Br)cc(Cl)c2O)C(=O)N1Cc1ccc(F)cc1Cl. The van der Waals surface area contributed by atoms with Gasteiger partial charge in [0.25, 0.3) is 11.1 Å². The zero-order valence-electron chi connectivity index (χ0n) is 12.8. The maximum absolute atomic E-state index is 13.1. The van der Waals surface area contributed by atoms with Gasteiger partial charge in [-0.05, 0) is 47.7 Å². The van der Waals surface area contributed by atoms with E-state index in [0.717, 1.165) is 22.7 Å². The number of nitrogens with zero attached hydrogens (tertiary/aromatic N) is 1. The van der Waals surface area contributed by atoms with Crippen LogP contribution in [0.1, 0.15) is 11.1 Å². The highest BCUT2D eigenvalue weighted by Crippen LogP contribution is 2.38. The van der Waals surface area contributed by atoms with Gasteiger partial charge in [-0.3, -0.25) is 14.5 Å². The third-order valence-electron chi connectivity index (χ3n) is 3.56. The summed E-state index contributed by atoms with van der Waals surface area (Å²) in [5.74, 6) is -1.23. The summed E-state index contributed by atoms with van der Waals surface area (Å²) in [7, 11) is 0. The Labute approximate surface area is 170 Å². The van der Waals surface area contributed by atoms with Gasteiger partial charge in [0.05, 0.1) is 16.5 Å². The molecular weight excluding hydrogens is 468 g/mol. The van der Waals surface area contributed by atoms with E-state index in [0.29, 0.717) is 15.6 Å². The van der Waals surface area contributed by atoms with Gasteiger partial charge in [0, 0.05) is 15.1 Å². The van der Waals surface area contributed by atoms with Crippen molar-refractivity contribution in [3.63, 3.8) is 0 Å². The molecule has 2 amide bonds. The first kappa shape index (κ1) is 19.2. The maximum atomic E-state index is 13.1. The smallest absolute Gasteiger partial charge is 0.293 e. The van der Waals surface area contributed by atoms with Crippen LogP contribution < -0.4 is 0 Å². The summed E-state index contributed by atoms with van der Waals surface area (Å²) in [5.41, 5.74) is 0.750. The number of rotatable bonds is 3. The van der Waals surface area contributed by atoms with E-state index in [1.54, 1.807) is 6.07 Å². The first-order valence-corrected chi connectivity index (χ1v) is 9.50. The molecule has 0 aliphatic carbocycles. The molecule has 1 saturated heterocycles. The Hall–Kier alpha value is -1.54. The number of carbonyl (C=O) groups is 2. The van der Waals surface area contributed by atoms with E-state index in [-0.39, 0.29) is 27.2 Å². The average Bonchev–Trinajstić information content (AvgIpc) is 2.82. The van der Waals surface area contributed by atoms with Gasteiger partial charge >= 0.3 is 0 Å². The van der Waals surface area contributed by atoms with Crippen LogP contribution in [0.25, 0.3) is 6.08 Å². The molecule has 9 heteroatoms. The van der Waals surface area contributed by atoms with Crippen LogP contribution in [0.2, 0.25) is 10.0 Å². The van der Waals surface area contributed by atoms with Crippen LogP contribution >= 0.6 is 50.9 Å². The largest absolute Gasteiger partial charge is 0.506 e. The number of thioether (sulfide) groups is 1. The van der Waals surface area contributed by atoms with Crippen LogP contribution in [-0.2, 0) is 11.3 Å². The van der Waals surface area contributed by atoms with Crippen molar-refractivity contribution < 1.29 is 19.1 Å². The van der Waals surface area contributed by atoms with Crippen molar-refractivity contribution in [2.45, 2.75) is 6.54 Å². The zero-order valence-corrected chi connectivity index (χ0v) is 16.7. The van der Waals surface area contributed by atoms with E-state index >= 15 is 0 Å². The minimum Gasteiger partial charge on any atom is -0.506 e. The molecule has 0 spiro atoms. The number of aromatic hydroxyl groups is 1. The lowest BCUT2D eigenvalue weighted by Crippen LogP contribution is -2.27. The first-order chi connectivity index (χ1) is 12.3. The molecule has 1 fully saturated rings. The van der Waals surface area contributed by atoms with Gasteiger partial charge in [-0.1, -0.05) is 45.2 Å². The molecule has 0 aromatic heterocycles. The van der Waals surface area contributed by atoms with Crippen LogP contribution in [0.15, 0.2) is 39.7 Å². The van der Waals surface area contributed by atoms with Crippen molar-refractivity contribution in [2.75, 3.05) is 0 Å². The number of phenols is 1. The first-order valence-electron chi connectivity index (χ1n) is 7.13. The van der Waals surface area contributed by atoms with Gasteiger partial charge in [0.1, 0.15) is 11.6 Å². The van der Waals surface area contributed by atoms with Crippen molar-refractivity contribution in [3.8, 4) is 5.75 Å². The summed E-state index contributed by atoms with van der Waals surface area (Å²) in [6.07, 6.45) is 1.39. The number of hydrogen-bond donors (Lipinski definition) is 1. The Morgan fingerprint density at radius 3 is 2.62 bits per heavy atom. The monoisotopic (exact) mass is 475 g/mol. The zero-order chi connectivity index (χ0) is 19.0. The van der Waals surface area contributed by atoms with E-state index in [9.17, 15) is 19.1 Å². The summed E-state index contributed by atoms with van der Waals surface area (Å²) < 4.78 is 13.8.